The van der Waals surface area contributed by atoms with Crippen LogP contribution in [-0.2, 0) is 6.42 Å². The number of rotatable bonds is 5. The van der Waals surface area contributed by atoms with Gasteiger partial charge in [-0.3, -0.25) is 0 Å². The lowest BCUT2D eigenvalue weighted by molar-refractivity contribution is 0.287. The van der Waals surface area contributed by atoms with Gasteiger partial charge in [0.25, 0.3) is 0 Å². The third kappa shape index (κ3) is 3.98. The van der Waals surface area contributed by atoms with E-state index >= 15 is 0 Å². The number of hydrogen-bond acceptors (Lipinski definition) is 2. The minimum Gasteiger partial charge on any atom is -0.497 e. The number of ether oxygens (including phenoxy) is 1. The van der Waals surface area contributed by atoms with Gasteiger partial charge in [-0.05, 0) is 56.0 Å². The maximum Gasteiger partial charge on any atom is 0.119 e. The Balaban J connectivity index is 2.22. The SMILES string of the molecule is CCCC1(Cc2cc(OC)ccc2Br)CCCCCN1. The maximum absolute atomic E-state index is 5.38. The molecular formula is C17H26BrNO. The summed E-state index contributed by atoms with van der Waals surface area (Å²) in [7, 11) is 1.73. The standard InChI is InChI=1S/C17H26BrNO/c1-3-9-17(10-5-4-6-11-19-17)13-14-12-15(20-2)7-8-16(14)18/h7-8,12,19H,3-6,9-11,13H2,1-2H3. The van der Waals surface area contributed by atoms with E-state index in [2.05, 4.69) is 40.3 Å². The fraction of sp³-hybridized carbons (Fsp3) is 0.647. The van der Waals surface area contributed by atoms with E-state index in [1.54, 1.807) is 7.11 Å². The monoisotopic (exact) mass is 339 g/mol. The summed E-state index contributed by atoms with van der Waals surface area (Å²) < 4.78 is 6.57. The van der Waals surface area contributed by atoms with Crippen molar-refractivity contribution in [3.05, 3.63) is 28.2 Å². The van der Waals surface area contributed by atoms with Gasteiger partial charge in [-0.1, -0.05) is 42.1 Å². The lowest BCUT2D eigenvalue weighted by Crippen LogP contribution is -2.46. The van der Waals surface area contributed by atoms with Crippen LogP contribution >= 0.6 is 15.9 Å². The van der Waals surface area contributed by atoms with Gasteiger partial charge in [0.05, 0.1) is 7.11 Å². The molecule has 0 spiro atoms. The molecule has 1 N–H and O–H groups in total. The van der Waals surface area contributed by atoms with Crippen LogP contribution in [0.2, 0.25) is 0 Å². The zero-order valence-corrected chi connectivity index (χ0v) is 14.3. The number of hydrogen-bond donors (Lipinski definition) is 1. The first-order chi connectivity index (χ1) is 9.69. The zero-order valence-electron chi connectivity index (χ0n) is 12.7. The van der Waals surface area contributed by atoms with Crippen molar-refractivity contribution < 1.29 is 4.74 Å². The summed E-state index contributed by atoms with van der Waals surface area (Å²) in [6.45, 7) is 3.44. The van der Waals surface area contributed by atoms with Gasteiger partial charge in [0.2, 0.25) is 0 Å². The maximum atomic E-state index is 5.38. The van der Waals surface area contributed by atoms with Crippen molar-refractivity contribution in [2.45, 2.75) is 57.4 Å². The van der Waals surface area contributed by atoms with Gasteiger partial charge in [-0.25, -0.2) is 0 Å². The van der Waals surface area contributed by atoms with Crippen molar-refractivity contribution in [2.75, 3.05) is 13.7 Å². The molecule has 1 fully saturated rings. The van der Waals surface area contributed by atoms with Crippen molar-refractivity contribution in [1.82, 2.24) is 5.32 Å². The molecule has 1 aliphatic heterocycles. The van der Waals surface area contributed by atoms with Crippen LogP contribution in [0.15, 0.2) is 22.7 Å². The Hall–Kier alpha value is -0.540. The molecule has 3 heteroatoms. The Morgan fingerprint density at radius 3 is 2.90 bits per heavy atom. The fourth-order valence-electron chi connectivity index (χ4n) is 3.32. The van der Waals surface area contributed by atoms with Gasteiger partial charge < -0.3 is 10.1 Å². The predicted molar refractivity (Wildman–Crippen MR) is 88.5 cm³/mol. The largest absolute Gasteiger partial charge is 0.497 e. The summed E-state index contributed by atoms with van der Waals surface area (Å²) >= 11 is 3.70. The molecule has 0 saturated carbocycles. The Bertz CT molecular complexity index is 425. The van der Waals surface area contributed by atoms with Crippen LogP contribution in [0.1, 0.15) is 51.0 Å². The summed E-state index contributed by atoms with van der Waals surface area (Å²) in [5, 5.41) is 3.85. The van der Waals surface area contributed by atoms with E-state index in [1.165, 1.54) is 48.6 Å². The Labute approximate surface area is 131 Å². The van der Waals surface area contributed by atoms with Crippen LogP contribution in [-0.4, -0.2) is 19.2 Å². The zero-order chi connectivity index (χ0) is 14.4. The second kappa shape index (κ2) is 7.46. The molecule has 0 aliphatic carbocycles. The fourth-order valence-corrected chi connectivity index (χ4v) is 3.70. The van der Waals surface area contributed by atoms with E-state index in [1.807, 2.05) is 6.07 Å². The molecule has 2 nitrogen and oxygen atoms in total. The van der Waals surface area contributed by atoms with Crippen LogP contribution < -0.4 is 10.1 Å². The number of benzene rings is 1. The molecule has 1 atom stereocenters. The summed E-state index contributed by atoms with van der Waals surface area (Å²) in [4.78, 5) is 0. The molecule has 1 aromatic rings. The summed E-state index contributed by atoms with van der Waals surface area (Å²) in [6, 6.07) is 6.29. The van der Waals surface area contributed by atoms with E-state index in [0.717, 1.165) is 18.7 Å². The third-order valence-corrected chi connectivity index (χ3v) is 5.12. The Kier molecular flexibility index (Phi) is 5.91. The van der Waals surface area contributed by atoms with E-state index in [4.69, 9.17) is 4.74 Å². The first-order valence-electron chi connectivity index (χ1n) is 7.76. The van der Waals surface area contributed by atoms with Crippen molar-refractivity contribution in [2.24, 2.45) is 0 Å². The van der Waals surface area contributed by atoms with Gasteiger partial charge in [0.15, 0.2) is 0 Å². The number of methoxy groups -OCH3 is 1. The predicted octanol–water partition coefficient (Wildman–Crippen LogP) is 4.70. The van der Waals surface area contributed by atoms with Crippen LogP contribution in [0.5, 0.6) is 5.75 Å². The highest BCUT2D eigenvalue weighted by molar-refractivity contribution is 9.10. The molecule has 112 valence electrons. The lowest BCUT2D eigenvalue weighted by Gasteiger charge is -2.34. The molecule has 20 heavy (non-hydrogen) atoms. The Morgan fingerprint density at radius 1 is 1.30 bits per heavy atom. The van der Waals surface area contributed by atoms with Crippen LogP contribution in [0.3, 0.4) is 0 Å². The molecule has 1 aliphatic rings. The average Bonchev–Trinajstić information content (AvgIpc) is 2.68. The van der Waals surface area contributed by atoms with Gasteiger partial charge in [0, 0.05) is 10.0 Å². The molecule has 0 radical (unpaired) electrons. The van der Waals surface area contributed by atoms with E-state index in [9.17, 15) is 0 Å². The Morgan fingerprint density at radius 2 is 2.15 bits per heavy atom. The summed E-state index contributed by atoms with van der Waals surface area (Å²) in [5.41, 5.74) is 1.62. The van der Waals surface area contributed by atoms with Crippen LogP contribution in [0, 0.1) is 0 Å². The van der Waals surface area contributed by atoms with Crippen LogP contribution in [0.25, 0.3) is 0 Å². The second-order valence-electron chi connectivity index (χ2n) is 5.90. The van der Waals surface area contributed by atoms with Gasteiger partial charge in [-0.15, -0.1) is 0 Å². The normalized spacial score (nSPS) is 23.4. The van der Waals surface area contributed by atoms with Crippen molar-refractivity contribution in [3.8, 4) is 5.75 Å². The molecule has 1 saturated heterocycles. The number of nitrogens with one attached hydrogen (secondary N) is 1. The molecule has 1 unspecified atom stereocenters. The summed E-state index contributed by atoms with van der Waals surface area (Å²) in [5.74, 6) is 0.948. The second-order valence-corrected chi connectivity index (χ2v) is 6.76. The minimum absolute atomic E-state index is 0.264. The van der Waals surface area contributed by atoms with E-state index in [0.29, 0.717) is 0 Å². The van der Waals surface area contributed by atoms with Crippen molar-refractivity contribution >= 4 is 15.9 Å². The molecule has 2 rings (SSSR count). The number of halogens is 1. The molecular weight excluding hydrogens is 314 g/mol. The highest BCUT2D eigenvalue weighted by Crippen LogP contribution is 2.32. The molecule has 1 aromatic carbocycles. The molecule has 0 amide bonds. The van der Waals surface area contributed by atoms with Crippen LogP contribution in [0.4, 0.5) is 0 Å². The topological polar surface area (TPSA) is 21.3 Å². The average molecular weight is 340 g/mol. The highest BCUT2D eigenvalue weighted by atomic mass is 79.9. The first-order valence-corrected chi connectivity index (χ1v) is 8.56. The lowest BCUT2D eigenvalue weighted by atomic mass is 9.82. The molecule has 0 bridgehead atoms. The van der Waals surface area contributed by atoms with Crippen molar-refractivity contribution in [1.29, 1.82) is 0 Å². The van der Waals surface area contributed by atoms with Gasteiger partial charge in [0.1, 0.15) is 5.75 Å². The molecule has 0 aromatic heterocycles. The van der Waals surface area contributed by atoms with E-state index < -0.39 is 0 Å². The smallest absolute Gasteiger partial charge is 0.119 e. The molecule has 1 heterocycles. The minimum atomic E-state index is 0.264. The van der Waals surface area contributed by atoms with Crippen molar-refractivity contribution in [3.63, 3.8) is 0 Å². The summed E-state index contributed by atoms with van der Waals surface area (Å²) in [6.07, 6.45) is 8.85. The quantitative estimate of drug-likeness (QED) is 0.839. The first kappa shape index (κ1) is 15.8. The van der Waals surface area contributed by atoms with Gasteiger partial charge >= 0.3 is 0 Å². The third-order valence-electron chi connectivity index (χ3n) is 4.34. The van der Waals surface area contributed by atoms with Gasteiger partial charge in [-0.2, -0.15) is 0 Å². The highest BCUT2D eigenvalue weighted by Gasteiger charge is 2.30. The van der Waals surface area contributed by atoms with E-state index in [-0.39, 0.29) is 5.54 Å².